The van der Waals surface area contributed by atoms with E-state index in [1.54, 1.807) is 36.4 Å². The highest BCUT2D eigenvalue weighted by atomic mass is 16.7. The van der Waals surface area contributed by atoms with E-state index in [1.807, 2.05) is 6.07 Å². The number of para-hydroxylation sites is 2. The predicted octanol–water partition coefficient (Wildman–Crippen LogP) is 2.93. The van der Waals surface area contributed by atoms with Crippen LogP contribution in [0.1, 0.15) is 31.2 Å². The molecule has 1 amide bonds. The maximum atomic E-state index is 13.6. The number of nitrogens with zero attached hydrogens (tertiary/aromatic N) is 1. The molecule has 3 atom stereocenters. The first-order valence-corrected chi connectivity index (χ1v) is 10.4. The topological polar surface area (TPSA) is 93.1 Å². The maximum Gasteiger partial charge on any atom is 0.341 e. The van der Waals surface area contributed by atoms with Crippen LogP contribution in [0.5, 0.6) is 5.75 Å². The Kier molecular flexibility index (Phi) is 3.50. The lowest BCUT2D eigenvalue weighted by Gasteiger charge is -2.46. The molecule has 1 aliphatic carbocycles. The Hall–Kier alpha value is -3.61. The predicted molar refractivity (Wildman–Crippen MR) is 109 cm³/mol. The van der Waals surface area contributed by atoms with Gasteiger partial charge < -0.3 is 14.6 Å². The molecule has 1 unspecified atom stereocenters. The fourth-order valence-electron chi connectivity index (χ4n) is 5.71. The van der Waals surface area contributed by atoms with Gasteiger partial charge in [-0.05, 0) is 25.0 Å². The summed E-state index contributed by atoms with van der Waals surface area (Å²) in [6.07, 6.45) is 2.66. The van der Waals surface area contributed by atoms with Gasteiger partial charge >= 0.3 is 11.9 Å². The third kappa shape index (κ3) is 2.06. The monoisotopic (exact) mass is 417 g/mol. The summed E-state index contributed by atoms with van der Waals surface area (Å²) in [5, 5.41) is 10.5. The number of esters is 1. The smallest absolute Gasteiger partial charge is 0.341 e. The number of anilines is 1. The first kappa shape index (κ1) is 18.2. The molecule has 2 saturated heterocycles. The number of ketones is 1. The Bertz CT molecular complexity index is 1190. The average Bonchev–Trinajstić information content (AvgIpc) is 3.13. The summed E-state index contributed by atoms with van der Waals surface area (Å²) in [7, 11) is 0. The van der Waals surface area contributed by atoms with Crippen LogP contribution in [0.4, 0.5) is 5.69 Å². The zero-order chi connectivity index (χ0) is 21.4. The van der Waals surface area contributed by atoms with E-state index < -0.39 is 34.9 Å². The van der Waals surface area contributed by atoms with Crippen molar-refractivity contribution in [2.45, 2.75) is 37.0 Å². The molecule has 1 N–H and O–H groups in total. The summed E-state index contributed by atoms with van der Waals surface area (Å²) in [6.45, 7) is 0. The molecule has 156 valence electrons. The van der Waals surface area contributed by atoms with E-state index in [1.165, 1.54) is 12.1 Å². The van der Waals surface area contributed by atoms with Crippen LogP contribution in [0.15, 0.2) is 60.2 Å². The van der Waals surface area contributed by atoms with E-state index in [2.05, 4.69) is 0 Å². The van der Waals surface area contributed by atoms with Crippen molar-refractivity contribution in [2.24, 2.45) is 5.92 Å². The summed E-state index contributed by atoms with van der Waals surface area (Å²) in [5.41, 5.74) is -0.930. The van der Waals surface area contributed by atoms with Crippen molar-refractivity contribution in [1.29, 1.82) is 0 Å². The minimum absolute atomic E-state index is 0.0111. The molecule has 3 aliphatic heterocycles. The van der Waals surface area contributed by atoms with Gasteiger partial charge in [-0.1, -0.05) is 48.9 Å². The van der Waals surface area contributed by atoms with E-state index in [0.717, 1.165) is 17.7 Å². The number of carbonyl (C=O) groups is 3. The Morgan fingerprint density at radius 2 is 1.68 bits per heavy atom. The number of phenols is 1. The number of phenolic OH excluding ortho intramolecular Hbond substituents is 1. The van der Waals surface area contributed by atoms with E-state index >= 15 is 0 Å². The normalized spacial score (nSPS) is 31.3. The second-order valence-electron chi connectivity index (χ2n) is 8.40. The molecule has 2 bridgehead atoms. The van der Waals surface area contributed by atoms with Gasteiger partial charge in [0.15, 0.2) is 5.54 Å². The molecule has 6 rings (SSSR count). The fourth-order valence-corrected chi connectivity index (χ4v) is 5.71. The molecule has 3 fully saturated rings. The Morgan fingerprint density at radius 3 is 2.45 bits per heavy atom. The van der Waals surface area contributed by atoms with Gasteiger partial charge in [-0.2, -0.15) is 0 Å². The minimum atomic E-state index is -1.66. The molecule has 7 nitrogen and oxygen atoms in total. The number of rotatable bonds is 2. The molecule has 4 aliphatic rings. The van der Waals surface area contributed by atoms with Crippen molar-refractivity contribution >= 4 is 29.1 Å². The molecule has 3 heterocycles. The first-order chi connectivity index (χ1) is 15.0. The van der Waals surface area contributed by atoms with Crippen LogP contribution in [0.25, 0.3) is 5.76 Å². The number of carbonyl (C=O) groups excluding carboxylic acids is 3. The molecule has 2 aromatic rings. The number of amides is 1. The molecule has 7 heteroatoms. The van der Waals surface area contributed by atoms with Gasteiger partial charge in [0, 0.05) is 12.0 Å². The molecular formula is C24H19NO6. The van der Waals surface area contributed by atoms with Gasteiger partial charge in [0.2, 0.25) is 0 Å². The zero-order valence-electron chi connectivity index (χ0n) is 16.5. The van der Waals surface area contributed by atoms with Gasteiger partial charge in [0.25, 0.3) is 11.6 Å². The molecule has 0 radical (unpaired) electrons. The van der Waals surface area contributed by atoms with Crippen molar-refractivity contribution in [3.8, 4) is 5.75 Å². The highest BCUT2D eigenvalue weighted by Crippen LogP contribution is 2.63. The van der Waals surface area contributed by atoms with E-state index in [9.17, 15) is 19.5 Å². The van der Waals surface area contributed by atoms with Gasteiger partial charge in [0.05, 0.1) is 17.2 Å². The molecular weight excluding hydrogens is 398 g/mol. The number of Topliss-reactive ketones (excluding diaryl/α,β-unsaturated/α-hetero) is 1. The summed E-state index contributed by atoms with van der Waals surface area (Å²) in [6, 6.07) is 15.2. The van der Waals surface area contributed by atoms with Crippen molar-refractivity contribution in [3.05, 3.63) is 65.7 Å². The van der Waals surface area contributed by atoms with Crippen LogP contribution >= 0.6 is 0 Å². The Morgan fingerprint density at radius 1 is 0.935 bits per heavy atom. The fraction of sp³-hybridized carbons (Fsp3) is 0.292. The largest absolute Gasteiger partial charge is 0.506 e. The lowest BCUT2D eigenvalue weighted by Crippen LogP contribution is -2.60. The van der Waals surface area contributed by atoms with Crippen molar-refractivity contribution in [3.63, 3.8) is 0 Å². The van der Waals surface area contributed by atoms with Crippen molar-refractivity contribution in [1.82, 2.24) is 0 Å². The van der Waals surface area contributed by atoms with E-state index in [0.29, 0.717) is 18.4 Å². The Balaban J connectivity index is 1.71. The lowest BCUT2D eigenvalue weighted by molar-refractivity contribution is -0.210. The van der Waals surface area contributed by atoms with Gasteiger partial charge in [-0.3, -0.25) is 14.5 Å². The lowest BCUT2D eigenvalue weighted by atomic mass is 9.67. The van der Waals surface area contributed by atoms with E-state index in [4.69, 9.17) is 9.47 Å². The summed E-state index contributed by atoms with van der Waals surface area (Å²) in [4.78, 5) is 41.5. The van der Waals surface area contributed by atoms with Crippen LogP contribution in [0, 0.1) is 5.92 Å². The number of hydrogen-bond acceptors (Lipinski definition) is 6. The number of ether oxygens (including phenoxy) is 2. The van der Waals surface area contributed by atoms with Gasteiger partial charge in [-0.25, -0.2) is 4.79 Å². The second-order valence-corrected chi connectivity index (χ2v) is 8.40. The Labute approximate surface area is 177 Å². The summed E-state index contributed by atoms with van der Waals surface area (Å²) in [5.74, 6) is -4.11. The minimum Gasteiger partial charge on any atom is -0.506 e. The number of aromatic hydroxyl groups is 1. The van der Waals surface area contributed by atoms with Gasteiger partial charge in [-0.15, -0.1) is 0 Å². The maximum absolute atomic E-state index is 13.6. The molecule has 2 aromatic carbocycles. The third-order valence-electron chi connectivity index (χ3n) is 6.90. The molecule has 0 aromatic heterocycles. The van der Waals surface area contributed by atoms with E-state index in [-0.39, 0.29) is 22.8 Å². The number of hydrogen-bond donors (Lipinski definition) is 1. The second kappa shape index (κ2) is 5.97. The van der Waals surface area contributed by atoms with Crippen LogP contribution in [0.2, 0.25) is 0 Å². The quantitative estimate of drug-likeness (QED) is 0.597. The molecule has 31 heavy (non-hydrogen) atoms. The first-order valence-electron chi connectivity index (χ1n) is 10.4. The zero-order valence-corrected chi connectivity index (χ0v) is 16.5. The average molecular weight is 417 g/mol. The number of benzene rings is 2. The van der Waals surface area contributed by atoms with Gasteiger partial charge in [0.1, 0.15) is 11.5 Å². The van der Waals surface area contributed by atoms with Crippen LogP contribution < -0.4 is 4.90 Å². The standard InChI is InChI=1S/C24H19NO6/c26-16-11-5-4-10-15(16)25-21(28)19(27)18-20(14-8-2-1-3-9-14)30-23-13-7-6-12-17(23)24(18,25)22(29)31-23/h1-5,8-11,17,26H,6-7,12-13H2/t17-,23+,24?/m0/s1. The van der Waals surface area contributed by atoms with Crippen molar-refractivity contribution < 1.29 is 29.0 Å². The summed E-state index contributed by atoms with van der Waals surface area (Å²) < 4.78 is 12.2. The molecule has 1 saturated carbocycles. The highest BCUT2D eigenvalue weighted by Gasteiger charge is 2.79. The summed E-state index contributed by atoms with van der Waals surface area (Å²) >= 11 is 0. The van der Waals surface area contributed by atoms with Crippen molar-refractivity contribution in [2.75, 3.05) is 4.90 Å². The highest BCUT2D eigenvalue weighted by molar-refractivity contribution is 6.54. The van der Waals surface area contributed by atoms with Crippen LogP contribution in [0.3, 0.4) is 0 Å². The van der Waals surface area contributed by atoms with Crippen LogP contribution in [-0.2, 0) is 23.9 Å². The SMILES string of the molecule is O=C1C(=O)N(c2ccccc2O)C23C(=O)O[C@@]4(CCCC[C@H]24)OC(c2ccccc2)=C13. The van der Waals surface area contributed by atoms with Crippen LogP contribution in [-0.4, -0.2) is 34.1 Å². The molecule has 1 spiro atoms. The third-order valence-corrected chi connectivity index (χ3v) is 6.90.